The highest BCUT2D eigenvalue weighted by molar-refractivity contribution is 5.92. The van der Waals surface area contributed by atoms with E-state index in [9.17, 15) is 13.6 Å². The van der Waals surface area contributed by atoms with Gasteiger partial charge < -0.3 is 10.4 Å². The normalized spacial score (nSPS) is 17.4. The summed E-state index contributed by atoms with van der Waals surface area (Å²) in [7, 11) is 0. The number of aromatic nitrogens is 2. The summed E-state index contributed by atoms with van der Waals surface area (Å²) in [6, 6.07) is 0.0388. The molecule has 0 bridgehead atoms. The Balaban J connectivity index is 1.91. The van der Waals surface area contributed by atoms with Crippen LogP contribution in [0, 0.1) is 0 Å². The quantitative estimate of drug-likeness (QED) is 0.850. The number of piperidine rings is 1. The van der Waals surface area contributed by atoms with Crippen LogP contribution in [0.3, 0.4) is 0 Å². The molecule has 1 aliphatic heterocycles. The number of hydrogen-bond acceptors (Lipinski definition) is 5. The van der Waals surface area contributed by atoms with Crippen LogP contribution < -0.4 is 5.32 Å². The molecule has 20 heavy (non-hydrogen) atoms. The first-order valence-electron chi connectivity index (χ1n) is 6.36. The number of halogens is 2. The number of rotatable bonds is 5. The summed E-state index contributed by atoms with van der Waals surface area (Å²) in [4.78, 5) is 20.3. The lowest BCUT2D eigenvalue weighted by atomic mass is 10.0. The Bertz CT molecular complexity index is 465. The van der Waals surface area contributed by atoms with Crippen molar-refractivity contribution in [3.63, 3.8) is 0 Å². The zero-order valence-electron chi connectivity index (χ0n) is 10.8. The zero-order chi connectivity index (χ0) is 14.5. The smallest absolute Gasteiger partial charge is 0.341 e. The van der Waals surface area contributed by atoms with E-state index in [0.29, 0.717) is 25.9 Å². The molecule has 0 aromatic carbocycles. The standard InChI is InChI=1S/C12H16F2N4O2/c13-10(14)6-18-3-1-8(2-4-18)17-11-9(12(19)20)5-15-7-16-11/h5,7-8,10H,1-4,6H2,(H,19,20)(H,15,16,17). The third-order valence-electron chi connectivity index (χ3n) is 3.27. The van der Waals surface area contributed by atoms with Crippen LogP contribution in [0.5, 0.6) is 0 Å². The SMILES string of the molecule is O=C(O)c1cncnc1NC1CCN(CC(F)F)CC1. The predicted octanol–water partition coefficient (Wildman–Crippen LogP) is 1.32. The number of likely N-dealkylation sites (tertiary alicyclic amines) is 1. The molecule has 1 aromatic rings. The van der Waals surface area contributed by atoms with Crippen molar-refractivity contribution in [2.45, 2.75) is 25.3 Å². The van der Waals surface area contributed by atoms with Gasteiger partial charge in [0, 0.05) is 25.3 Å². The molecule has 2 heterocycles. The second-order valence-electron chi connectivity index (χ2n) is 4.70. The van der Waals surface area contributed by atoms with Gasteiger partial charge in [0.1, 0.15) is 17.7 Å². The summed E-state index contributed by atoms with van der Waals surface area (Å²) < 4.78 is 24.5. The molecule has 1 aromatic heterocycles. The fourth-order valence-corrected chi connectivity index (χ4v) is 2.25. The van der Waals surface area contributed by atoms with Gasteiger partial charge in [-0.25, -0.2) is 23.5 Å². The summed E-state index contributed by atoms with van der Waals surface area (Å²) in [5, 5.41) is 12.1. The van der Waals surface area contributed by atoms with E-state index in [1.54, 1.807) is 4.90 Å². The highest BCUT2D eigenvalue weighted by atomic mass is 19.3. The largest absolute Gasteiger partial charge is 0.477 e. The van der Waals surface area contributed by atoms with Crippen molar-refractivity contribution < 1.29 is 18.7 Å². The van der Waals surface area contributed by atoms with E-state index in [1.807, 2.05) is 0 Å². The molecule has 1 aliphatic rings. The molecule has 0 unspecified atom stereocenters. The van der Waals surface area contributed by atoms with Crippen molar-refractivity contribution >= 4 is 11.8 Å². The van der Waals surface area contributed by atoms with Crippen molar-refractivity contribution in [1.82, 2.24) is 14.9 Å². The van der Waals surface area contributed by atoms with Crippen LogP contribution in [0.4, 0.5) is 14.6 Å². The Kier molecular flexibility index (Phi) is 4.78. The molecule has 0 aliphatic carbocycles. The second kappa shape index (κ2) is 6.56. The summed E-state index contributed by atoms with van der Waals surface area (Å²) in [5.41, 5.74) is 0.0162. The first-order chi connectivity index (χ1) is 9.56. The fraction of sp³-hybridized carbons (Fsp3) is 0.583. The molecule has 0 radical (unpaired) electrons. The van der Waals surface area contributed by atoms with E-state index in [0.717, 1.165) is 0 Å². The fourth-order valence-electron chi connectivity index (χ4n) is 2.25. The van der Waals surface area contributed by atoms with E-state index in [2.05, 4.69) is 15.3 Å². The van der Waals surface area contributed by atoms with Crippen LogP contribution in [-0.2, 0) is 0 Å². The Morgan fingerprint density at radius 2 is 2.20 bits per heavy atom. The van der Waals surface area contributed by atoms with Gasteiger partial charge >= 0.3 is 5.97 Å². The first-order valence-corrected chi connectivity index (χ1v) is 6.36. The van der Waals surface area contributed by atoms with Crippen LogP contribution >= 0.6 is 0 Å². The van der Waals surface area contributed by atoms with Gasteiger partial charge in [0.05, 0.1) is 6.54 Å². The van der Waals surface area contributed by atoms with Crippen LogP contribution in [-0.4, -0.2) is 58.0 Å². The predicted molar refractivity (Wildman–Crippen MR) is 68.1 cm³/mol. The maximum atomic E-state index is 12.3. The highest BCUT2D eigenvalue weighted by Crippen LogP contribution is 2.18. The summed E-state index contributed by atoms with van der Waals surface area (Å²) in [6.45, 7) is 0.922. The lowest BCUT2D eigenvalue weighted by Gasteiger charge is -2.32. The summed E-state index contributed by atoms with van der Waals surface area (Å²) >= 11 is 0. The van der Waals surface area contributed by atoms with Crippen LogP contribution in [0.25, 0.3) is 0 Å². The van der Waals surface area contributed by atoms with Crippen molar-refractivity contribution in [1.29, 1.82) is 0 Å². The summed E-state index contributed by atoms with van der Waals surface area (Å²) in [6.07, 6.45) is 1.55. The molecule has 1 fully saturated rings. The van der Waals surface area contributed by atoms with E-state index in [-0.39, 0.29) is 24.0 Å². The average Bonchev–Trinajstić information content (AvgIpc) is 2.41. The Hall–Kier alpha value is -1.83. The average molecular weight is 286 g/mol. The van der Waals surface area contributed by atoms with Gasteiger partial charge in [-0.15, -0.1) is 0 Å². The lowest BCUT2D eigenvalue weighted by Crippen LogP contribution is -2.41. The highest BCUT2D eigenvalue weighted by Gasteiger charge is 2.23. The van der Waals surface area contributed by atoms with Gasteiger partial charge in [0.25, 0.3) is 6.43 Å². The number of nitrogens with one attached hydrogen (secondary N) is 1. The number of carboxylic acid groups (broad SMARTS) is 1. The van der Waals surface area contributed by atoms with E-state index >= 15 is 0 Å². The topological polar surface area (TPSA) is 78.3 Å². The lowest BCUT2D eigenvalue weighted by molar-refractivity contribution is 0.0695. The molecule has 110 valence electrons. The third kappa shape index (κ3) is 3.83. The Labute approximate surface area is 114 Å². The third-order valence-corrected chi connectivity index (χ3v) is 3.27. The first kappa shape index (κ1) is 14.6. The number of alkyl halides is 2. The zero-order valence-corrected chi connectivity index (χ0v) is 10.8. The van der Waals surface area contributed by atoms with Crippen LogP contribution in [0.1, 0.15) is 23.2 Å². The minimum atomic E-state index is -2.32. The molecule has 0 saturated carbocycles. The minimum Gasteiger partial charge on any atom is -0.477 e. The molecule has 1 saturated heterocycles. The molecule has 0 atom stereocenters. The second-order valence-corrected chi connectivity index (χ2v) is 4.70. The van der Waals surface area contributed by atoms with Gasteiger partial charge in [-0.3, -0.25) is 4.90 Å². The van der Waals surface area contributed by atoms with Crippen molar-refractivity contribution in [2.75, 3.05) is 25.0 Å². The van der Waals surface area contributed by atoms with Crippen molar-refractivity contribution in [3.8, 4) is 0 Å². The number of aromatic carboxylic acids is 1. The number of carbonyl (C=O) groups is 1. The summed E-state index contributed by atoms with van der Waals surface area (Å²) in [5.74, 6) is -0.817. The number of anilines is 1. The maximum absolute atomic E-state index is 12.3. The van der Waals surface area contributed by atoms with Gasteiger partial charge in [0.2, 0.25) is 0 Å². The van der Waals surface area contributed by atoms with E-state index < -0.39 is 12.4 Å². The van der Waals surface area contributed by atoms with Gasteiger partial charge in [-0.1, -0.05) is 0 Å². The monoisotopic (exact) mass is 286 g/mol. The van der Waals surface area contributed by atoms with E-state index in [1.165, 1.54) is 12.5 Å². The van der Waals surface area contributed by atoms with Crippen LogP contribution in [0.15, 0.2) is 12.5 Å². The molecule has 6 nitrogen and oxygen atoms in total. The molecule has 0 amide bonds. The Morgan fingerprint density at radius 3 is 2.80 bits per heavy atom. The number of nitrogens with zero attached hydrogens (tertiary/aromatic N) is 3. The number of carboxylic acids is 1. The van der Waals surface area contributed by atoms with Crippen molar-refractivity contribution in [2.24, 2.45) is 0 Å². The van der Waals surface area contributed by atoms with Gasteiger partial charge in [-0.05, 0) is 12.8 Å². The molecule has 2 rings (SSSR count). The maximum Gasteiger partial charge on any atom is 0.341 e. The van der Waals surface area contributed by atoms with Crippen molar-refractivity contribution in [3.05, 3.63) is 18.1 Å². The Morgan fingerprint density at radius 1 is 1.50 bits per heavy atom. The van der Waals surface area contributed by atoms with Crippen LogP contribution in [0.2, 0.25) is 0 Å². The molecular formula is C12H16F2N4O2. The minimum absolute atomic E-state index is 0.0162. The molecule has 8 heteroatoms. The van der Waals surface area contributed by atoms with Gasteiger partial charge in [0.15, 0.2) is 0 Å². The van der Waals surface area contributed by atoms with E-state index in [4.69, 9.17) is 5.11 Å². The number of hydrogen-bond donors (Lipinski definition) is 2. The molecule has 2 N–H and O–H groups in total. The molecule has 0 spiro atoms. The molecular weight excluding hydrogens is 270 g/mol. The van der Waals surface area contributed by atoms with Gasteiger partial charge in [-0.2, -0.15) is 0 Å².